The SMILES string of the molecule is CCC/C=C(/C(=O)NC)c1ccc(-c2c(F)ccc(NS(=O)c3cccc4c3COC4)c2F)c(F)c1N. The first-order valence-electron chi connectivity index (χ1n) is 11.6. The van der Waals surface area contributed by atoms with Crippen LogP contribution in [0.5, 0.6) is 0 Å². The van der Waals surface area contributed by atoms with E-state index in [-0.39, 0.29) is 23.4 Å². The van der Waals surface area contributed by atoms with E-state index < -0.39 is 51.2 Å². The lowest BCUT2D eigenvalue weighted by Crippen LogP contribution is -2.20. The molecular formula is C27H26F3N3O3S. The Morgan fingerprint density at radius 1 is 1.11 bits per heavy atom. The molecule has 0 saturated carbocycles. The number of hydrogen-bond acceptors (Lipinski definition) is 4. The Bertz CT molecular complexity index is 1430. The van der Waals surface area contributed by atoms with E-state index in [2.05, 4.69) is 10.0 Å². The zero-order chi connectivity index (χ0) is 26.7. The molecule has 0 fully saturated rings. The van der Waals surface area contributed by atoms with E-state index >= 15 is 8.78 Å². The van der Waals surface area contributed by atoms with Gasteiger partial charge in [-0.3, -0.25) is 9.52 Å². The fourth-order valence-corrected chi connectivity index (χ4v) is 5.23. The first-order valence-corrected chi connectivity index (χ1v) is 12.8. The predicted molar refractivity (Wildman–Crippen MR) is 138 cm³/mol. The van der Waals surface area contributed by atoms with Crippen molar-refractivity contribution in [1.82, 2.24) is 5.32 Å². The molecule has 3 aromatic carbocycles. The maximum absolute atomic E-state index is 15.5. The zero-order valence-corrected chi connectivity index (χ0v) is 21.1. The number of halogens is 3. The van der Waals surface area contributed by atoms with Gasteiger partial charge in [0.05, 0.1) is 35.0 Å². The van der Waals surface area contributed by atoms with Crippen LogP contribution in [0.4, 0.5) is 24.5 Å². The number of ether oxygens (including phenoxy) is 1. The van der Waals surface area contributed by atoms with Crippen molar-refractivity contribution >= 4 is 33.8 Å². The highest BCUT2D eigenvalue weighted by molar-refractivity contribution is 7.86. The molecule has 1 atom stereocenters. The van der Waals surface area contributed by atoms with Gasteiger partial charge in [0.25, 0.3) is 5.91 Å². The molecule has 1 heterocycles. The second-order valence-electron chi connectivity index (χ2n) is 8.42. The Morgan fingerprint density at radius 2 is 1.89 bits per heavy atom. The molecule has 10 heteroatoms. The van der Waals surface area contributed by atoms with E-state index in [0.717, 1.165) is 29.7 Å². The second kappa shape index (κ2) is 11.2. The average molecular weight is 530 g/mol. The summed E-state index contributed by atoms with van der Waals surface area (Å²) in [5, 5.41) is 2.49. The van der Waals surface area contributed by atoms with Crippen LogP contribution >= 0.6 is 0 Å². The minimum Gasteiger partial charge on any atom is -0.396 e. The maximum atomic E-state index is 15.5. The molecule has 0 saturated heterocycles. The second-order valence-corrected chi connectivity index (χ2v) is 9.60. The zero-order valence-electron chi connectivity index (χ0n) is 20.3. The third-order valence-electron chi connectivity index (χ3n) is 6.08. The quantitative estimate of drug-likeness (QED) is 0.267. The molecule has 3 aromatic rings. The minimum absolute atomic E-state index is 0.116. The molecule has 0 aromatic heterocycles. The fraction of sp³-hybridized carbons (Fsp3) is 0.222. The predicted octanol–water partition coefficient (Wildman–Crippen LogP) is 5.45. The Labute approximate surface area is 215 Å². The number of carbonyl (C=O) groups is 1. The van der Waals surface area contributed by atoms with Crippen molar-refractivity contribution in [3.8, 4) is 11.1 Å². The molecule has 6 nitrogen and oxygen atoms in total. The number of anilines is 2. The van der Waals surface area contributed by atoms with Gasteiger partial charge >= 0.3 is 0 Å². The van der Waals surface area contributed by atoms with Crippen LogP contribution in [0.15, 0.2) is 53.4 Å². The summed E-state index contributed by atoms with van der Waals surface area (Å²) in [6, 6.07) is 9.78. The number of nitrogens with two attached hydrogens (primary N) is 1. The lowest BCUT2D eigenvalue weighted by Gasteiger charge is -2.16. The van der Waals surface area contributed by atoms with Crippen molar-refractivity contribution < 1.29 is 26.9 Å². The first kappa shape index (κ1) is 26.4. The lowest BCUT2D eigenvalue weighted by molar-refractivity contribution is -0.115. The summed E-state index contributed by atoms with van der Waals surface area (Å²) in [7, 11) is -0.452. The Hall–Kier alpha value is -3.63. The number of amides is 1. The summed E-state index contributed by atoms with van der Waals surface area (Å²) >= 11 is 0. The number of nitrogens with one attached hydrogen (secondary N) is 2. The monoisotopic (exact) mass is 529 g/mol. The maximum Gasteiger partial charge on any atom is 0.251 e. The topological polar surface area (TPSA) is 93.5 Å². The summed E-state index contributed by atoms with van der Waals surface area (Å²) in [6.45, 7) is 2.59. The number of likely N-dealkylation sites (N-methyl/N-ethyl adjacent to an activating group) is 1. The number of fused-ring (bicyclic) bond motifs is 1. The van der Waals surface area contributed by atoms with E-state index in [4.69, 9.17) is 10.5 Å². The highest BCUT2D eigenvalue weighted by Gasteiger charge is 2.25. The van der Waals surface area contributed by atoms with Gasteiger partial charge in [-0.15, -0.1) is 0 Å². The molecule has 1 aliphatic heterocycles. The van der Waals surface area contributed by atoms with Crippen molar-refractivity contribution in [2.24, 2.45) is 0 Å². The molecule has 4 N–H and O–H groups in total. The van der Waals surface area contributed by atoms with Crippen molar-refractivity contribution in [1.29, 1.82) is 0 Å². The van der Waals surface area contributed by atoms with Gasteiger partial charge in [0.15, 0.2) is 22.6 Å². The van der Waals surface area contributed by atoms with E-state index in [1.165, 1.54) is 19.2 Å². The molecule has 4 rings (SSSR count). The number of carbonyl (C=O) groups excluding carboxylic acids is 1. The summed E-state index contributed by atoms with van der Waals surface area (Å²) in [6.07, 6.45) is 2.93. The molecule has 1 unspecified atom stereocenters. The highest BCUT2D eigenvalue weighted by atomic mass is 32.2. The molecule has 194 valence electrons. The normalized spacial score (nSPS) is 13.8. The number of rotatable bonds is 8. The number of unbranched alkanes of at least 4 members (excludes halogenated alkanes) is 1. The smallest absolute Gasteiger partial charge is 0.251 e. The fourth-order valence-electron chi connectivity index (χ4n) is 4.15. The Morgan fingerprint density at radius 3 is 2.62 bits per heavy atom. The molecule has 0 aliphatic carbocycles. The molecule has 0 bridgehead atoms. The van der Waals surface area contributed by atoms with E-state index in [0.29, 0.717) is 17.9 Å². The van der Waals surface area contributed by atoms with Gasteiger partial charge in [-0.1, -0.05) is 43.7 Å². The van der Waals surface area contributed by atoms with E-state index in [9.17, 15) is 13.4 Å². The highest BCUT2D eigenvalue weighted by Crippen LogP contribution is 2.37. The van der Waals surface area contributed by atoms with Gasteiger partial charge < -0.3 is 15.8 Å². The van der Waals surface area contributed by atoms with Crippen LogP contribution in [-0.2, 0) is 33.7 Å². The molecular weight excluding hydrogens is 503 g/mol. The summed E-state index contributed by atoms with van der Waals surface area (Å²) < 4.78 is 66.8. The van der Waals surface area contributed by atoms with Crippen molar-refractivity contribution in [2.75, 3.05) is 17.5 Å². The van der Waals surface area contributed by atoms with Crippen LogP contribution < -0.4 is 15.8 Å². The van der Waals surface area contributed by atoms with Gasteiger partial charge in [-0.25, -0.2) is 17.4 Å². The largest absolute Gasteiger partial charge is 0.396 e. The molecule has 0 spiro atoms. The average Bonchev–Trinajstić information content (AvgIpc) is 3.38. The molecule has 1 amide bonds. The molecule has 1 aliphatic rings. The summed E-state index contributed by atoms with van der Waals surface area (Å²) in [5.74, 6) is -3.69. The van der Waals surface area contributed by atoms with Gasteiger partial charge in [0.2, 0.25) is 0 Å². The van der Waals surface area contributed by atoms with Crippen LogP contribution in [0, 0.1) is 17.5 Å². The van der Waals surface area contributed by atoms with Crippen LogP contribution in [-0.4, -0.2) is 17.2 Å². The van der Waals surface area contributed by atoms with Gasteiger partial charge in [0.1, 0.15) is 5.82 Å². The van der Waals surface area contributed by atoms with Crippen molar-refractivity contribution in [3.63, 3.8) is 0 Å². The van der Waals surface area contributed by atoms with Crippen LogP contribution in [0.25, 0.3) is 16.7 Å². The van der Waals surface area contributed by atoms with E-state index in [1.807, 2.05) is 13.0 Å². The van der Waals surface area contributed by atoms with E-state index in [1.54, 1.807) is 18.2 Å². The first-order chi connectivity index (χ1) is 17.8. The molecule has 0 radical (unpaired) electrons. The van der Waals surface area contributed by atoms with Crippen LogP contribution in [0.1, 0.15) is 36.5 Å². The van der Waals surface area contributed by atoms with Gasteiger partial charge in [-0.05, 0) is 30.2 Å². The van der Waals surface area contributed by atoms with Gasteiger partial charge in [-0.2, -0.15) is 0 Å². The molecule has 37 heavy (non-hydrogen) atoms. The number of allylic oxidation sites excluding steroid dienone is 1. The van der Waals surface area contributed by atoms with Crippen LogP contribution in [0.2, 0.25) is 0 Å². The third kappa shape index (κ3) is 5.12. The summed E-state index contributed by atoms with van der Waals surface area (Å²) in [4.78, 5) is 12.8. The van der Waals surface area contributed by atoms with Gasteiger partial charge in [0, 0.05) is 29.3 Å². The number of hydrogen-bond donors (Lipinski definition) is 3. The standard InChI is InChI=1S/C27H26F3N3O3S/c1-3-4-7-17(27(34)32-2)16-9-10-18(24(29)26(16)31)23-20(28)11-12-21(25(23)30)33-37(35)22-8-5-6-15-13-36-14-19(15)22/h5-12,33H,3-4,13-14,31H2,1-2H3,(H,32,34)/b17-7+. The number of nitrogen functional groups attached to an aromatic ring is 1. The minimum atomic E-state index is -1.89. The Kier molecular flexibility index (Phi) is 7.99. The Balaban J connectivity index is 1.73. The third-order valence-corrected chi connectivity index (χ3v) is 7.26. The van der Waals surface area contributed by atoms with Crippen molar-refractivity contribution in [2.45, 2.75) is 37.9 Å². The lowest BCUT2D eigenvalue weighted by atomic mass is 9.95. The van der Waals surface area contributed by atoms with Crippen LogP contribution in [0.3, 0.4) is 0 Å². The number of benzene rings is 3. The summed E-state index contributed by atoms with van der Waals surface area (Å²) in [5.41, 5.74) is 6.14. The van der Waals surface area contributed by atoms with Crippen molar-refractivity contribution in [3.05, 3.63) is 82.7 Å².